The zero-order valence-electron chi connectivity index (χ0n) is 17.1. The molecule has 1 amide bonds. The number of nitrogens with zero attached hydrogens (tertiary/aromatic N) is 1. The molecule has 0 radical (unpaired) electrons. The van der Waals surface area contributed by atoms with Gasteiger partial charge in [0.05, 0.1) is 17.7 Å². The molecule has 0 heterocycles. The molecule has 0 unspecified atom stereocenters. The SMILES string of the molecule is COc1ccc(N(CC(=O)Nc2ccccc2)S(=O)(=O)c2cc(C)ccc2C)cc1. The van der Waals surface area contributed by atoms with Gasteiger partial charge in [-0.05, 0) is 67.4 Å². The number of carbonyl (C=O) groups excluding carboxylic acids is 1. The maximum Gasteiger partial charge on any atom is 0.265 e. The van der Waals surface area contributed by atoms with Crippen molar-refractivity contribution in [1.82, 2.24) is 0 Å². The number of rotatable bonds is 7. The van der Waals surface area contributed by atoms with Crippen LogP contribution in [-0.4, -0.2) is 28.0 Å². The Bertz CT molecular complexity index is 1130. The van der Waals surface area contributed by atoms with Crippen LogP contribution in [0.4, 0.5) is 11.4 Å². The first-order valence-electron chi connectivity index (χ1n) is 9.40. The number of ether oxygens (including phenoxy) is 1. The number of aryl methyl sites for hydroxylation is 2. The van der Waals surface area contributed by atoms with Gasteiger partial charge < -0.3 is 10.1 Å². The van der Waals surface area contributed by atoms with Gasteiger partial charge in [-0.15, -0.1) is 0 Å². The van der Waals surface area contributed by atoms with Crippen molar-refractivity contribution in [3.05, 3.63) is 83.9 Å². The first-order chi connectivity index (χ1) is 14.3. The molecule has 0 bridgehead atoms. The minimum atomic E-state index is -3.98. The summed E-state index contributed by atoms with van der Waals surface area (Å²) in [6.07, 6.45) is 0. The van der Waals surface area contributed by atoms with Crippen LogP contribution in [-0.2, 0) is 14.8 Å². The van der Waals surface area contributed by atoms with E-state index in [1.54, 1.807) is 67.6 Å². The van der Waals surface area contributed by atoms with Crippen LogP contribution < -0.4 is 14.4 Å². The van der Waals surface area contributed by atoms with Gasteiger partial charge in [0.15, 0.2) is 0 Å². The fourth-order valence-corrected chi connectivity index (χ4v) is 4.75. The first kappa shape index (κ1) is 21.4. The van der Waals surface area contributed by atoms with Gasteiger partial charge >= 0.3 is 0 Å². The van der Waals surface area contributed by atoms with E-state index in [1.165, 1.54) is 7.11 Å². The molecule has 0 aliphatic rings. The second-order valence-corrected chi connectivity index (χ2v) is 8.72. The number of para-hydroxylation sites is 1. The predicted molar refractivity (Wildman–Crippen MR) is 119 cm³/mol. The summed E-state index contributed by atoms with van der Waals surface area (Å²) in [5, 5.41) is 2.74. The summed E-state index contributed by atoms with van der Waals surface area (Å²) in [6.45, 7) is 3.21. The highest BCUT2D eigenvalue weighted by molar-refractivity contribution is 7.93. The van der Waals surface area contributed by atoms with Crippen LogP contribution in [0.25, 0.3) is 0 Å². The number of nitrogens with one attached hydrogen (secondary N) is 1. The van der Waals surface area contributed by atoms with Crippen molar-refractivity contribution in [3.63, 3.8) is 0 Å². The number of anilines is 2. The lowest BCUT2D eigenvalue weighted by Gasteiger charge is -2.25. The number of benzene rings is 3. The van der Waals surface area contributed by atoms with Gasteiger partial charge in [0.2, 0.25) is 5.91 Å². The Kier molecular flexibility index (Phi) is 6.42. The standard InChI is InChI=1S/C23H24N2O4S/c1-17-9-10-18(2)22(15-17)30(27,28)25(20-11-13-21(29-3)14-12-20)16-23(26)24-19-7-5-4-6-8-19/h4-15H,16H2,1-3H3,(H,24,26). The third-order valence-corrected chi connectivity index (χ3v) is 6.53. The Morgan fingerprint density at radius 3 is 2.27 bits per heavy atom. The van der Waals surface area contributed by atoms with E-state index in [4.69, 9.17) is 4.74 Å². The van der Waals surface area contributed by atoms with E-state index in [0.29, 0.717) is 22.7 Å². The summed E-state index contributed by atoms with van der Waals surface area (Å²) < 4.78 is 33.4. The Hall–Kier alpha value is -3.32. The maximum atomic E-state index is 13.6. The highest BCUT2D eigenvalue weighted by Crippen LogP contribution is 2.28. The van der Waals surface area contributed by atoms with Crippen molar-refractivity contribution in [2.24, 2.45) is 0 Å². The number of carbonyl (C=O) groups is 1. The third kappa shape index (κ3) is 4.80. The lowest BCUT2D eigenvalue weighted by molar-refractivity contribution is -0.114. The highest BCUT2D eigenvalue weighted by atomic mass is 32.2. The van der Waals surface area contributed by atoms with Crippen LogP contribution in [0.2, 0.25) is 0 Å². The molecule has 30 heavy (non-hydrogen) atoms. The van der Waals surface area contributed by atoms with Crippen LogP contribution >= 0.6 is 0 Å². The minimum absolute atomic E-state index is 0.172. The normalized spacial score (nSPS) is 11.0. The van der Waals surface area contributed by atoms with Crippen molar-refractivity contribution >= 4 is 27.3 Å². The van der Waals surface area contributed by atoms with E-state index in [-0.39, 0.29) is 11.4 Å². The van der Waals surface area contributed by atoms with Gasteiger partial charge in [0, 0.05) is 5.69 Å². The average molecular weight is 425 g/mol. The van der Waals surface area contributed by atoms with Crippen molar-refractivity contribution in [1.29, 1.82) is 0 Å². The molecule has 0 aromatic heterocycles. The quantitative estimate of drug-likeness (QED) is 0.618. The van der Waals surface area contributed by atoms with Crippen molar-refractivity contribution in [3.8, 4) is 5.75 Å². The molecule has 3 aromatic rings. The average Bonchev–Trinajstić information content (AvgIpc) is 2.74. The number of methoxy groups -OCH3 is 1. The summed E-state index contributed by atoms with van der Waals surface area (Å²) in [5.41, 5.74) is 2.41. The van der Waals surface area contributed by atoms with E-state index < -0.39 is 15.9 Å². The van der Waals surface area contributed by atoms with Crippen molar-refractivity contribution < 1.29 is 17.9 Å². The monoisotopic (exact) mass is 424 g/mol. The molecule has 0 spiro atoms. The molecule has 7 heteroatoms. The molecular formula is C23H24N2O4S. The summed E-state index contributed by atoms with van der Waals surface area (Å²) in [7, 11) is -2.45. The molecular weight excluding hydrogens is 400 g/mol. The summed E-state index contributed by atoms with van der Waals surface area (Å²) in [6, 6.07) is 20.7. The lowest BCUT2D eigenvalue weighted by atomic mass is 10.2. The molecule has 0 aliphatic heterocycles. The number of amides is 1. The van der Waals surface area contributed by atoms with Gasteiger partial charge in [0.1, 0.15) is 12.3 Å². The summed E-state index contributed by atoms with van der Waals surface area (Å²) in [5.74, 6) is 0.155. The molecule has 0 saturated heterocycles. The van der Waals surface area contributed by atoms with Crippen LogP contribution in [0.5, 0.6) is 5.75 Å². The van der Waals surface area contributed by atoms with E-state index >= 15 is 0 Å². The Morgan fingerprint density at radius 2 is 1.63 bits per heavy atom. The van der Waals surface area contributed by atoms with E-state index in [0.717, 1.165) is 9.87 Å². The Labute approximate surface area is 177 Å². The molecule has 0 aliphatic carbocycles. The maximum absolute atomic E-state index is 13.6. The van der Waals surface area contributed by atoms with Gasteiger partial charge in [-0.3, -0.25) is 9.10 Å². The molecule has 6 nitrogen and oxygen atoms in total. The van der Waals surface area contributed by atoms with Gasteiger partial charge in [-0.25, -0.2) is 8.42 Å². The Balaban J connectivity index is 2.00. The highest BCUT2D eigenvalue weighted by Gasteiger charge is 2.28. The molecule has 3 aromatic carbocycles. The minimum Gasteiger partial charge on any atom is -0.497 e. The van der Waals surface area contributed by atoms with Crippen LogP contribution in [0.15, 0.2) is 77.7 Å². The van der Waals surface area contributed by atoms with Gasteiger partial charge in [-0.2, -0.15) is 0 Å². The molecule has 3 rings (SSSR count). The first-order valence-corrected chi connectivity index (χ1v) is 10.8. The Morgan fingerprint density at radius 1 is 0.967 bits per heavy atom. The zero-order valence-corrected chi connectivity index (χ0v) is 17.9. The second-order valence-electron chi connectivity index (χ2n) is 6.89. The second kappa shape index (κ2) is 9.00. The number of sulfonamides is 1. The molecule has 0 atom stereocenters. The number of hydrogen-bond acceptors (Lipinski definition) is 4. The fraction of sp³-hybridized carbons (Fsp3) is 0.174. The van der Waals surface area contributed by atoms with Crippen LogP contribution in [0.1, 0.15) is 11.1 Å². The van der Waals surface area contributed by atoms with Crippen molar-refractivity contribution in [2.75, 3.05) is 23.3 Å². The molecule has 0 fully saturated rings. The number of hydrogen-bond donors (Lipinski definition) is 1. The largest absolute Gasteiger partial charge is 0.497 e. The smallest absolute Gasteiger partial charge is 0.265 e. The topological polar surface area (TPSA) is 75.7 Å². The van der Waals surface area contributed by atoms with Crippen molar-refractivity contribution in [2.45, 2.75) is 18.7 Å². The van der Waals surface area contributed by atoms with E-state index in [1.807, 2.05) is 19.1 Å². The molecule has 156 valence electrons. The van der Waals surface area contributed by atoms with E-state index in [2.05, 4.69) is 5.32 Å². The van der Waals surface area contributed by atoms with Gasteiger partial charge in [-0.1, -0.05) is 30.3 Å². The zero-order chi connectivity index (χ0) is 21.7. The third-order valence-electron chi connectivity index (χ3n) is 4.62. The lowest BCUT2D eigenvalue weighted by Crippen LogP contribution is -2.38. The van der Waals surface area contributed by atoms with E-state index in [9.17, 15) is 13.2 Å². The fourth-order valence-electron chi connectivity index (χ4n) is 3.02. The van der Waals surface area contributed by atoms with Gasteiger partial charge in [0.25, 0.3) is 10.0 Å². The van der Waals surface area contributed by atoms with Crippen LogP contribution in [0, 0.1) is 13.8 Å². The predicted octanol–water partition coefficient (Wildman–Crippen LogP) is 4.15. The summed E-state index contributed by atoms with van der Waals surface area (Å²) >= 11 is 0. The van der Waals surface area contributed by atoms with Crippen LogP contribution in [0.3, 0.4) is 0 Å². The summed E-state index contributed by atoms with van der Waals surface area (Å²) in [4.78, 5) is 12.9. The molecule has 0 saturated carbocycles. The molecule has 1 N–H and O–H groups in total.